The van der Waals surface area contributed by atoms with Crippen LogP contribution in [0.2, 0.25) is 5.02 Å². The fourth-order valence-corrected chi connectivity index (χ4v) is 3.70. The molecule has 9 heteroatoms. The van der Waals surface area contributed by atoms with Gasteiger partial charge in [0.2, 0.25) is 5.91 Å². The second-order valence-corrected chi connectivity index (χ2v) is 8.72. The highest BCUT2D eigenvalue weighted by Crippen LogP contribution is 2.23. The lowest BCUT2D eigenvalue weighted by molar-refractivity contribution is -0.115. The molecule has 2 amide bonds. The topological polar surface area (TPSA) is 106 Å². The average molecular weight is 542 g/mol. The normalized spacial score (nSPS) is 10.6. The molecular weight excluding hydrogens is 518 g/mol. The third-order valence-electron chi connectivity index (χ3n) is 5.51. The fraction of sp³-hybridized carbons (Fsp3) is 0.0667. The summed E-state index contributed by atoms with van der Waals surface area (Å²) >= 11 is 6.10. The molecule has 8 nitrogen and oxygen atoms in total. The number of rotatable bonds is 9. The van der Waals surface area contributed by atoms with Crippen molar-refractivity contribution in [2.24, 2.45) is 5.10 Å². The quantitative estimate of drug-likeness (QED) is 0.126. The summed E-state index contributed by atoms with van der Waals surface area (Å²) in [7, 11) is 1.54. The molecule has 0 aromatic heterocycles. The molecule has 4 aromatic rings. The van der Waals surface area contributed by atoms with Gasteiger partial charge in [0.15, 0.2) is 0 Å². The molecule has 2 N–H and O–H groups in total. The Hall–Kier alpha value is -4.95. The number of hydrogen-bond acceptors (Lipinski definition) is 6. The number of amides is 2. The minimum absolute atomic E-state index is 0.159. The minimum Gasteiger partial charge on any atom is -0.497 e. The lowest BCUT2D eigenvalue weighted by atomic mass is 10.1. The zero-order valence-corrected chi connectivity index (χ0v) is 21.6. The Morgan fingerprint density at radius 2 is 1.56 bits per heavy atom. The van der Waals surface area contributed by atoms with Gasteiger partial charge in [-0.1, -0.05) is 41.9 Å². The number of anilines is 1. The Kier molecular flexibility index (Phi) is 9.05. The van der Waals surface area contributed by atoms with Crippen molar-refractivity contribution in [3.63, 3.8) is 0 Å². The summed E-state index contributed by atoms with van der Waals surface area (Å²) < 4.78 is 10.6. The van der Waals surface area contributed by atoms with E-state index >= 15 is 0 Å². The molecule has 0 fully saturated rings. The van der Waals surface area contributed by atoms with E-state index in [0.717, 1.165) is 5.56 Å². The highest BCUT2D eigenvalue weighted by molar-refractivity contribution is 6.31. The first-order valence-corrected chi connectivity index (χ1v) is 12.2. The van der Waals surface area contributed by atoms with Gasteiger partial charge < -0.3 is 14.8 Å². The molecule has 0 aliphatic heterocycles. The van der Waals surface area contributed by atoms with Crippen LogP contribution in [0, 0.1) is 0 Å². The van der Waals surface area contributed by atoms with E-state index in [9.17, 15) is 14.4 Å². The van der Waals surface area contributed by atoms with E-state index in [1.165, 1.54) is 19.4 Å². The molecule has 0 saturated carbocycles. The molecule has 196 valence electrons. The van der Waals surface area contributed by atoms with Crippen LogP contribution in [0.4, 0.5) is 5.69 Å². The molecule has 0 radical (unpaired) electrons. The van der Waals surface area contributed by atoms with E-state index in [-0.39, 0.29) is 18.1 Å². The van der Waals surface area contributed by atoms with Gasteiger partial charge >= 0.3 is 5.97 Å². The van der Waals surface area contributed by atoms with Crippen LogP contribution in [-0.4, -0.2) is 31.1 Å². The maximum absolute atomic E-state index is 12.6. The molecule has 0 bridgehead atoms. The Balaban J connectivity index is 1.35. The van der Waals surface area contributed by atoms with Gasteiger partial charge in [0.1, 0.15) is 11.5 Å². The Bertz CT molecular complexity index is 1490. The van der Waals surface area contributed by atoms with Crippen LogP contribution >= 0.6 is 11.6 Å². The maximum Gasteiger partial charge on any atom is 0.343 e. The van der Waals surface area contributed by atoms with Gasteiger partial charge in [0, 0.05) is 21.8 Å². The van der Waals surface area contributed by atoms with Crippen molar-refractivity contribution in [3.8, 4) is 11.5 Å². The SMILES string of the molecule is COc1ccc(C(=O)Oc2ccc(Cl)cc2/C=N/NC(=O)c2ccc(NC(=O)Cc3ccccc3)cc2)cc1. The van der Waals surface area contributed by atoms with E-state index in [2.05, 4.69) is 15.8 Å². The Morgan fingerprint density at radius 1 is 0.872 bits per heavy atom. The van der Waals surface area contributed by atoms with Crippen molar-refractivity contribution >= 4 is 41.3 Å². The first-order valence-electron chi connectivity index (χ1n) is 11.8. The summed E-state index contributed by atoms with van der Waals surface area (Å²) in [5.74, 6) is -0.368. The lowest BCUT2D eigenvalue weighted by Gasteiger charge is -2.09. The zero-order valence-electron chi connectivity index (χ0n) is 20.9. The summed E-state index contributed by atoms with van der Waals surface area (Å²) in [5.41, 5.74) is 4.97. The number of hydrazone groups is 1. The number of halogens is 1. The van der Waals surface area contributed by atoms with Gasteiger partial charge in [-0.3, -0.25) is 9.59 Å². The maximum atomic E-state index is 12.6. The Labute approximate surface area is 230 Å². The van der Waals surface area contributed by atoms with E-state index in [1.807, 2.05) is 30.3 Å². The zero-order chi connectivity index (χ0) is 27.6. The van der Waals surface area contributed by atoms with Gasteiger partial charge in [0.25, 0.3) is 5.91 Å². The van der Waals surface area contributed by atoms with Crippen LogP contribution in [0.3, 0.4) is 0 Å². The van der Waals surface area contributed by atoms with Crippen molar-refractivity contribution in [2.75, 3.05) is 12.4 Å². The van der Waals surface area contributed by atoms with Crippen LogP contribution in [0.25, 0.3) is 0 Å². The third-order valence-corrected chi connectivity index (χ3v) is 5.74. The number of nitrogens with zero attached hydrogens (tertiary/aromatic N) is 1. The number of carbonyl (C=O) groups excluding carboxylic acids is 3. The predicted molar refractivity (Wildman–Crippen MR) is 150 cm³/mol. The van der Waals surface area contributed by atoms with Gasteiger partial charge in [0.05, 0.1) is 25.3 Å². The number of nitrogens with one attached hydrogen (secondary N) is 2. The number of ether oxygens (including phenoxy) is 2. The van der Waals surface area contributed by atoms with Crippen molar-refractivity contribution in [1.82, 2.24) is 5.43 Å². The van der Waals surface area contributed by atoms with Crippen LogP contribution in [0.15, 0.2) is 102 Å². The molecule has 0 atom stereocenters. The molecule has 0 unspecified atom stereocenters. The van der Waals surface area contributed by atoms with E-state index in [0.29, 0.717) is 33.1 Å². The monoisotopic (exact) mass is 541 g/mol. The van der Waals surface area contributed by atoms with Crippen LogP contribution < -0.4 is 20.2 Å². The van der Waals surface area contributed by atoms with Crippen LogP contribution in [0.5, 0.6) is 11.5 Å². The van der Waals surface area contributed by atoms with Gasteiger partial charge in [-0.05, 0) is 72.3 Å². The van der Waals surface area contributed by atoms with Crippen molar-refractivity contribution in [1.29, 1.82) is 0 Å². The number of carbonyl (C=O) groups is 3. The molecule has 4 rings (SSSR count). The molecule has 0 aliphatic carbocycles. The standard InChI is InChI=1S/C30H24ClN3O5/c1-38-26-14-9-22(10-15-26)30(37)39-27-16-11-24(31)18-23(27)19-32-34-29(36)21-7-12-25(13-8-21)33-28(35)17-20-5-3-2-4-6-20/h2-16,18-19H,17H2,1H3,(H,33,35)(H,34,36)/b32-19+. The highest BCUT2D eigenvalue weighted by Gasteiger charge is 2.12. The van der Waals surface area contributed by atoms with Crippen LogP contribution in [-0.2, 0) is 11.2 Å². The lowest BCUT2D eigenvalue weighted by Crippen LogP contribution is -2.18. The number of hydrogen-bond donors (Lipinski definition) is 2. The summed E-state index contributed by atoms with van der Waals surface area (Å²) in [4.78, 5) is 37.4. The van der Waals surface area contributed by atoms with Crippen molar-refractivity contribution in [2.45, 2.75) is 6.42 Å². The van der Waals surface area contributed by atoms with E-state index < -0.39 is 11.9 Å². The molecule has 0 aliphatic rings. The highest BCUT2D eigenvalue weighted by atomic mass is 35.5. The first-order chi connectivity index (χ1) is 18.9. The number of esters is 1. The summed E-state index contributed by atoms with van der Waals surface area (Å²) in [6.45, 7) is 0. The summed E-state index contributed by atoms with van der Waals surface area (Å²) in [6, 6.07) is 27.0. The summed E-state index contributed by atoms with van der Waals surface area (Å²) in [5, 5.41) is 7.18. The molecular formula is C30H24ClN3O5. The predicted octanol–water partition coefficient (Wildman–Crippen LogP) is 5.51. The van der Waals surface area contributed by atoms with Gasteiger partial charge in [-0.2, -0.15) is 5.10 Å². The van der Waals surface area contributed by atoms with Gasteiger partial charge in [-0.25, -0.2) is 10.2 Å². The van der Waals surface area contributed by atoms with Crippen molar-refractivity contribution in [3.05, 3.63) is 124 Å². The number of methoxy groups -OCH3 is 1. The molecule has 0 saturated heterocycles. The fourth-order valence-electron chi connectivity index (χ4n) is 3.52. The first kappa shape index (κ1) is 27.1. The molecule has 0 spiro atoms. The largest absolute Gasteiger partial charge is 0.497 e. The average Bonchev–Trinajstić information content (AvgIpc) is 2.95. The van der Waals surface area contributed by atoms with Gasteiger partial charge in [-0.15, -0.1) is 0 Å². The second kappa shape index (κ2) is 13.0. The molecule has 0 heterocycles. The van der Waals surface area contributed by atoms with E-state index in [1.54, 1.807) is 60.7 Å². The van der Waals surface area contributed by atoms with E-state index in [4.69, 9.17) is 21.1 Å². The minimum atomic E-state index is -0.574. The second-order valence-electron chi connectivity index (χ2n) is 8.29. The number of benzene rings is 4. The summed E-state index contributed by atoms with van der Waals surface area (Å²) in [6.07, 6.45) is 1.58. The van der Waals surface area contributed by atoms with Crippen molar-refractivity contribution < 1.29 is 23.9 Å². The molecule has 39 heavy (non-hydrogen) atoms. The smallest absolute Gasteiger partial charge is 0.343 e. The third kappa shape index (κ3) is 7.77. The molecule has 4 aromatic carbocycles. The van der Waals surface area contributed by atoms with Crippen LogP contribution in [0.1, 0.15) is 31.8 Å². The Morgan fingerprint density at radius 3 is 2.26 bits per heavy atom.